The van der Waals surface area contributed by atoms with Crippen LogP contribution in [0.5, 0.6) is 5.75 Å². The van der Waals surface area contributed by atoms with E-state index in [4.69, 9.17) is 4.74 Å². The number of halogens is 1. The zero-order chi connectivity index (χ0) is 19.5. The average Bonchev–Trinajstić information content (AvgIpc) is 3.45. The van der Waals surface area contributed by atoms with Crippen LogP contribution in [0.2, 0.25) is 0 Å². The van der Waals surface area contributed by atoms with E-state index in [0.717, 1.165) is 49.8 Å². The molecule has 3 N–H and O–H groups in total. The molecule has 0 aromatic heterocycles. The van der Waals surface area contributed by atoms with Crippen LogP contribution >= 0.6 is 24.0 Å². The number of guanidine groups is 1. The number of hydrogen-bond acceptors (Lipinski definition) is 3. The number of carbonyl (C=O) groups excluding carboxylic acids is 1. The highest BCUT2D eigenvalue weighted by molar-refractivity contribution is 14.0. The van der Waals surface area contributed by atoms with Crippen molar-refractivity contribution < 1.29 is 9.53 Å². The minimum atomic E-state index is -0.0547. The molecule has 0 bridgehead atoms. The Balaban J connectivity index is 0.00000392. The van der Waals surface area contributed by atoms with Gasteiger partial charge >= 0.3 is 0 Å². The SMILES string of the molecule is CCNC(=NCc1cccc(OCC(=O)NC2CC2)c1)NCCCC(C)C.I. The second-order valence-electron chi connectivity index (χ2n) is 7.44. The maximum Gasteiger partial charge on any atom is 0.258 e. The van der Waals surface area contributed by atoms with Gasteiger partial charge in [0.2, 0.25) is 0 Å². The van der Waals surface area contributed by atoms with Crippen LogP contribution in [0, 0.1) is 5.92 Å². The third-order valence-corrected chi connectivity index (χ3v) is 4.23. The van der Waals surface area contributed by atoms with E-state index in [0.29, 0.717) is 18.3 Å². The Hall–Kier alpha value is -1.51. The molecule has 0 atom stereocenters. The molecule has 1 aromatic rings. The van der Waals surface area contributed by atoms with Crippen molar-refractivity contribution in [3.05, 3.63) is 29.8 Å². The first-order chi connectivity index (χ1) is 13.1. The van der Waals surface area contributed by atoms with Gasteiger partial charge < -0.3 is 20.7 Å². The monoisotopic (exact) mass is 502 g/mol. The molecule has 0 heterocycles. The highest BCUT2D eigenvalue weighted by Crippen LogP contribution is 2.18. The van der Waals surface area contributed by atoms with Gasteiger partial charge in [-0.1, -0.05) is 26.0 Å². The van der Waals surface area contributed by atoms with Crippen molar-refractivity contribution in [3.63, 3.8) is 0 Å². The Kier molecular flexibility index (Phi) is 11.9. The van der Waals surface area contributed by atoms with Crippen LogP contribution in [-0.2, 0) is 11.3 Å². The predicted octanol–water partition coefficient (Wildman–Crippen LogP) is 3.45. The van der Waals surface area contributed by atoms with Crippen LogP contribution in [0.1, 0.15) is 52.0 Å². The zero-order valence-electron chi connectivity index (χ0n) is 17.3. The minimum absolute atomic E-state index is 0. The summed E-state index contributed by atoms with van der Waals surface area (Å²) < 4.78 is 5.60. The average molecular weight is 502 g/mol. The van der Waals surface area contributed by atoms with E-state index in [-0.39, 0.29) is 36.5 Å². The summed E-state index contributed by atoms with van der Waals surface area (Å²) in [7, 11) is 0. The molecule has 0 saturated heterocycles. The lowest BCUT2D eigenvalue weighted by atomic mass is 10.1. The van der Waals surface area contributed by atoms with E-state index in [1.807, 2.05) is 24.3 Å². The van der Waals surface area contributed by atoms with E-state index in [2.05, 4.69) is 41.7 Å². The number of carbonyl (C=O) groups is 1. The number of benzene rings is 1. The molecule has 1 fully saturated rings. The zero-order valence-corrected chi connectivity index (χ0v) is 19.6. The van der Waals surface area contributed by atoms with Crippen molar-refractivity contribution in [2.45, 2.75) is 59.0 Å². The number of nitrogens with one attached hydrogen (secondary N) is 3. The van der Waals surface area contributed by atoms with Gasteiger partial charge in [-0.05, 0) is 56.2 Å². The van der Waals surface area contributed by atoms with Gasteiger partial charge in [0.15, 0.2) is 12.6 Å². The Morgan fingerprint density at radius 1 is 1.29 bits per heavy atom. The van der Waals surface area contributed by atoms with Crippen LogP contribution in [0.25, 0.3) is 0 Å². The molecule has 0 aliphatic heterocycles. The lowest BCUT2D eigenvalue weighted by Crippen LogP contribution is -2.37. The third-order valence-electron chi connectivity index (χ3n) is 4.23. The maximum absolute atomic E-state index is 11.7. The first kappa shape index (κ1) is 24.5. The Morgan fingerprint density at radius 2 is 2.07 bits per heavy atom. The normalized spacial score (nSPS) is 13.6. The second-order valence-corrected chi connectivity index (χ2v) is 7.44. The Bertz CT molecular complexity index is 618. The lowest BCUT2D eigenvalue weighted by Gasteiger charge is -2.12. The van der Waals surface area contributed by atoms with Gasteiger partial charge in [-0.2, -0.15) is 0 Å². The molecule has 28 heavy (non-hydrogen) atoms. The van der Waals surface area contributed by atoms with Gasteiger partial charge in [0, 0.05) is 19.1 Å². The van der Waals surface area contributed by atoms with Crippen molar-refractivity contribution >= 4 is 35.8 Å². The van der Waals surface area contributed by atoms with Crippen LogP contribution < -0.4 is 20.7 Å². The molecule has 7 heteroatoms. The third kappa shape index (κ3) is 10.7. The number of nitrogens with zero attached hydrogens (tertiary/aromatic N) is 1. The summed E-state index contributed by atoms with van der Waals surface area (Å²) in [5.74, 6) is 2.20. The summed E-state index contributed by atoms with van der Waals surface area (Å²) >= 11 is 0. The highest BCUT2D eigenvalue weighted by Gasteiger charge is 2.23. The summed E-state index contributed by atoms with van der Waals surface area (Å²) in [6, 6.07) is 8.12. The largest absolute Gasteiger partial charge is 0.484 e. The highest BCUT2D eigenvalue weighted by atomic mass is 127. The summed E-state index contributed by atoms with van der Waals surface area (Å²) in [5, 5.41) is 9.58. The van der Waals surface area contributed by atoms with Crippen LogP contribution in [-0.4, -0.2) is 37.6 Å². The molecule has 1 aliphatic carbocycles. The van der Waals surface area contributed by atoms with Gasteiger partial charge in [0.1, 0.15) is 5.75 Å². The van der Waals surface area contributed by atoms with E-state index in [1.165, 1.54) is 6.42 Å². The van der Waals surface area contributed by atoms with Crippen molar-refractivity contribution in [2.24, 2.45) is 10.9 Å². The Morgan fingerprint density at radius 3 is 2.75 bits per heavy atom. The van der Waals surface area contributed by atoms with Gasteiger partial charge in [-0.15, -0.1) is 24.0 Å². The number of aliphatic imine (C=N–C) groups is 1. The summed E-state index contributed by atoms with van der Waals surface area (Å²) in [6.07, 6.45) is 4.51. The fourth-order valence-corrected chi connectivity index (χ4v) is 2.61. The predicted molar refractivity (Wildman–Crippen MR) is 125 cm³/mol. The molecule has 2 rings (SSSR count). The van der Waals surface area contributed by atoms with E-state index < -0.39 is 0 Å². The van der Waals surface area contributed by atoms with Gasteiger partial charge in [0.05, 0.1) is 6.54 Å². The standard InChI is InChI=1S/C21H34N4O2.HI/c1-4-22-21(23-12-6-7-16(2)3)24-14-17-8-5-9-19(13-17)27-15-20(26)25-18-10-11-18;/h5,8-9,13,16,18H,4,6-7,10-12,14-15H2,1-3H3,(H,25,26)(H2,22,23,24);1H. The van der Waals surface area contributed by atoms with E-state index in [1.54, 1.807) is 0 Å². The van der Waals surface area contributed by atoms with Crippen LogP contribution in [0.3, 0.4) is 0 Å². The molecule has 1 saturated carbocycles. The van der Waals surface area contributed by atoms with Gasteiger partial charge in [-0.25, -0.2) is 4.99 Å². The summed E-state index contributed by atoms with van der Waals surface area (Å²) in [5.41, 5.74) is 1.05. The molecular weight excluding hydrogens is 467 g/mol. The lowest BCUT2D eigenvalue weighted by molar-refractivity contribution is -0.123. The molecule has 1 amide bonds. The second kappa shape index (κ2) is 13.6. The quantitative estimate of drug-likeness (QED) is 0.188. The molecule has 0 radical (unpaired) electrons. The molecule has 158 valence electrons. The molecule has 0 spiro atoms. The van der Waals surface area contributed by atoms with Gasteiger partial charge in [-0.3, -0.25) is 4.79 Å². The first-order valence-corrected chi connectivity index (χ1v) is 10.1. The van der Waals surface area contributed by atoms with Crippen molar-refractivity contribution in [1.82, 2.24) is 16.0 Å². The number of hydrogen-bond donors (Lipinski definition) is 3. The molecule has 0 unspecified atom stereocenters. The minimum Gasteiger partial charge on any atom is -0.484 e. The summed E-state index contributed by atoms with van der Waals surface area (Å²) in [4.78, 5) is 16.4. The van der Waals surface area contributed by atoms with Crippen LogP contribution in [0.4, 0.5) is 0 Å². The fraction of sp³-hybridized carbons (Fsp3) is 0.619. The van der Waals surface area contributed by atoms with E-state index >= 15 is 0 Å². The van der Waals surface area contributed by atoms with Gasteiger partial charge in [0.25, 0.3) is 5.91 Å². The van der Waals surface area contributed by atoms with Crippen molar-refractivity contribution in [2.75, 3.05) is 19.7 Å². The number of ether oxygens (including phenoxy) is 1. The van der Waals surface area contributed by atoms with Crippen molar-refractivity contribution in [1.29, 1.82) is 0 Å². The van der Waals surface area contributed by atoms with Crippen molar-refractivity contribution in [3.8, 4) is 5.75 Å². The van der Waals surface area contributed by atoms with Crippen LogP contribution in [0.15, 0.2) is 29.3 Å². The maximum atomic E-state index is 11.7. The van der Waals surface area contributed by atoms with E-state index in [9.17, 15) is 4.79 Å². The molecule has 6 nitrogen and oxygen atoms in total. The first-order valence-electron chi connectivity index (χ1n) is 10.1. The number of amides is 1. The number of rotatable bonds is 11. The Labute approximate surface area is 186 Å². The molecular formula is C21H35IN4O2. The molecule has 1 aliphatic rings. The smallest absolute Gasteiger partial charge is 0.258 e. The summed E-state index contributed by atoms with van der Waals surface area (Å²) in [6.45, 7) is 8.91. The topological polar surface area (TPSA) is 74.8 Å². The molecule has 1 aromatic carbocycles. The fourth-order valence-electron chi connectivity index (χ4n) is 2.61.